The van der Waals surface area contributed by atoms with E-state index in [0.717, 1.165) is 12.2 Å². The number of benzene rings is 1. The van der Waals surface area contributed by atoms with Crippen molar-refractivity contribution in [3.63, 3.8) is 0 Å². The first-order valence-electron chi connectivity index (χ1n) is 6.38. The number of amides is 1. The van der Waals surface area contributed by atoms with Gasteiger partial charge in [0.1, 0.15) is 0 Å². The molecule has 20 heavy (non-hydrogen) atoms. The number of thiophene rings is 1. The van der Waals surface area contributed by atoms with Gasteiger partial charge in [0.15, 0.2) is 0 Å². The first-order valence-corrected chi connectivity index (χ1v) is 7.26. The summed E-state index contributed by atoms with van der Waals surface area (Å²) in [4.78, 5) is 15.2. The summed E-state index contributed by atoms with van der Waals surface area (Å²) in [5, 5.41) is 5.19. The highest BCUT2D eigenvalue weighted by atomic mass is 35.5. The lowest BCUT2D eigenvalue weighted by molar-refractivity contribution is -0.129. The van der Waals surface area contributed by atoms with E-state index in [0.29, 0.717) is 13.1 Å². The van der Waals surface area contributed by atoms with E-state index >= 15 is 0 Å². The number of halogens is 1. The number of likely N-dealkylation sites (N-methyl/N-ethyl adjacent to an activating group) is 1. The molecule has 0 aliphatic heterocycles. The van der Waals surface area contributed by atoms with Crippen LogP contribution in [0.4, 0.5) is 5.69 Å². The summed E-state index contributed by atoms with van der Waals surface area (Å²) >= 11 is 1.68. The number of nitrogens with zero attached hydrogens (tertiary/aromatic N) is 1. The van der Waals surface area contributed by atoms with Crippen molar-refractivity contribution in [1.29, 1.82) is 0 Å². The fourth-order valence-corrected chi connectivity index (χ4v) is 2.53. The monoisotopic (exact) mass is 310 g/mol. The van der Waals surface area contributed by atoms with Crippen molar-refractivity contribution in [2.24, 2.45) is 0 Å². The van der Waals surface area contributed by atoms with Gasteiger partial charge in [-0.1, -0.05) is 24.3 Å². The Morgan fingerprint density at radius 2 is 1.95 bits per heavy atom. The predicted octanol–water partition coefficient (Wildman–Crippen LogP) is 3.63. The van der Waals surface area contributed by atoms with Gasteiger partial charge in [-0.25, -0.2) is 0 Å². The smallest absolute Gasteiger partial charge is 0.242 e. The molecular formula is C15H19ClN2OS. The Balaban J connectivity index is 0.00000200. The third-order valence-corrected chi connectivity index (χ3v) is 3.74. The standard InChI is InChI=1S/C15H18N2OS.ClH/c1-2-17(12-14-9-6-10-19-14)15(18)11-16-13-7-4-3-5-8-13;/h3-10,16H,2,11-12H2,1H3;1H. The van der Waals surface area contributed by atoms with Crippen molar-refractivity contribution in [2.45, 2.75) is 13.5 Å². The molecule has 1 N–H and O–H groups in total. The molecule has 1 heterocycles. The van der Waals surface area contributed by atoms with Crippen LogP contribution in [0.25, 0.3) is 0 Å². The maximum Gasteiger partial charge on any atom is 0.242 e. The fraction of sp³-hybridized carbons (Fsp3) is 0.267. The van der Waals surface area contributed by atoms with Crippen LogP contribution < -0.4 is 5.32 Å². The van der Waals surface area contributed by atoms with Crippen LogP contribution in [0.2, 0.25) is 0 Å². The van der Waals surface area contributed by atoms with Gasteiger partial charge in [0.25, 0.3) is 0 Å². The number of carbonyl (C=O) groups is 1. The van der Waals surface area contributed by atoms with Crippen LogP contribution in [0.15, 0.2) is 47.8 Å². The van der Waals surface area contributed by atoms with Gasteiger partial charge in [-0.15, -0.1) is 23.7 Å². The third kappa shape index (κ3) is 4.87. The Morgan fingerprint density at radius 1 is 1.20 bits per heavy atom. The molecule has 1 aromatic carbocycles. The topological polar surface area (TPSA) is 32.3 Å². The molecule has 0 atom stereocenters. The summed E-state index contributed by atoms with van der Waals surface area (Å²) in [6.45, 7) is 3.77. The van der Waals surface area contributed by atoms with Gasteiger partial charge in [-0.05, 0) is 30.5 Å². The predicted molar refractivity (Wildman–Crippen MR) is 87.6 cm³/mol. The molecule has 5 heteroatoms. The molecule has 2 aromatic rings. The van der Waals surface area contributed by atoms with E-state index in [1.54, 1.807) is 11.3 Å². The zero-order valence-corrected chi connectivity index (χ0v) is 13.0. The molecule has 0 aliphatic rings. The quantitative estimate of drug-likeness (QED) is 0.883. The number of hydrogen-bond donors (Lipinski definition) is 1. The molecule has 3 nitrogen and oxygen atoms in total. The zero-order valence-electron chi connectivity index (χ0n) is 11.4. The van der Waals surface area contributed by atoms with Crippen LogP contribution in [-0.2, 0) is 11.3 Å². The normalized spacial score (nSPS) is 9.65. The van der Waals surface area contributed by atoms with E-state index in [2.05, 4.69) is 11.4 Å². The second kappa shape index (κ2) is 8.61. The molecule has 108 valence electrons. The van der Waals surface area contributed by atoms with E-state index in [1.807, 2.05) is 53.6 Å². The van der Waals surface area contributed by atoms with Crippen molar-refractivity contribution >= 4 is 35.3 Å². The second-order valence-corrected chi connectivity index (χ2v) is 5.24. The Bertz CT molecular complexity index is 502. The first-order chi connectivity index (χ1) is 9.29. The maximum atomic E-state index is 12.1. The molecule has 0 radical (unpaired) electrons. The van der Waals surface area contributed by atoms with Crippen molar-refractivity contribution in [2.75, 3.05) is 18.4 Å². The summed E-state index contributed by atoms with van der Waals surface area (Å²) in [6.07, 6.45) is 0. The molecule has 0 fully saturated rings. The van der Waals surface area contributed by atoms with Gasteiger partial charge in [0, 0.05) is 17.1 Å². The molecule has 0 bridgehead atoms. The van der Waals surface area contributed by atoms with E-state index in [9.17, 15) is 4.79 Å². The number of hydrogen-bond acceptors (Lipinski definition) is 3. The van der Waals surface area contributed by atoms with Crippen LogP contribution >= 0.6 is 23.7 Å². The van der Waals surface area contributed by atoms with Gasteiger partial charge < -0.3 is 10.2 Å². The SMILES string of the molecule is CCN(Cc1cccs1)C(=O)CNc1ccccc1.Cl. The van der Waals surface area contributed by atoms with Crippen LogP contribution in [0.3, 0.4) is 0 Å². The molecule has 0 aliphatic carbocycles. The van der Waals surface area contributed by atoms with E-state index in [-0.39, 0.29) is 18.3 Å². The van der Waals surface area contributed by atoms with Gasteiger partial charge in [0.2, 0.25) is 5.91 Å². The Morgan fingerprint density at radius 3 is 2.55 bits per heavy atom. The van der Waals surface area contributed by atoms with Gasteiger partial charge in [-0.2, -0.15) is 0 Å². The Hall–Kier alpha value is -1.52. The maximum absolute atomic E-state index is 12.1. The second-order valence-electron chi connectivity index (χ2n) is 4.21. The summed E-state index contributed by atoms with van der Waals surface area (Å²) < 4.78 is 0. The largest absolute Gasteiger partial charge is 0.376 e. The van der Waals surface area contributed by atoms with Crippen molar-refractivity contribution in [3.05, 3.63) is 52.7 Å². The third-order valence-electron chi connectivity index (χ3n) is 2.88. The highest BCUT2D eigenvalue weighted by molar-refractivity contribution is 7.09. The molecule has 1 amide bonds. The van der Waals surface area contributed by atoms with Crippen LogP contribution in [0, 0.1) is 0 Å². The fourth-order valence-electron chi connectivity index (χ4n) is 1.81. The van der Waals surface area contributed by atoms with E-state index < -0.39 is 0 Å². The van der Waals surface area contributed by atoms with Crippen molar-refractivity contribution in [1.82, 2.24) is 4.90 Å². The lowest BCUT2D eigenvalue weighted by Gasteiger charge is -2.20. The van der Waals surface area contributed by atoms with Gasteiger partial charge >= 0.3 is 0 Å². The summed E-state index contributed by atoms with van der Waals surface area (Å²) in [5.74, 6) is 0.125. The van der Waals surface area contributed by atoms with Crippen molar-refractivity contribution < 1.29 is 4.79 Å². The summed E-state index contributed by atoms with van der Waals surface area (Å²) in [5.41, 5.74) is 0.975. The molecule has 0 unspecified atom stereocenters. The first kappa shape index (κ1) is 16.5. The number of rotatable bonds is 6. The summed E-state index contributed by atoms with van der Waals surface area (Å²) in [6, 6.07) is 13.9. The van der Waals surface area contributed by atoms with E-state index in [4.69, 9.17) is 0 Å². The lowest BCUT2D eigenvalue weighted by atomic mass is 10.3. The highest BCUT2D eigenvalue weighted by Gasteiger charge is 2.12. The van der Waals surface area contributed by atoms with E-state index in [1.165, 1.54) is 4.88 Å². The minimum atomic E-state index is 0. The molecule has 0 saturated heterocycles. The van der Waals surface area contributed by atoms with Crippen LogP contribution in [-0.4, -0.2) is 23.9 Å². The van der Waals surface area contributed by atoms with Crippen LogP contribution in [0.1, 0.15) is 11.8 Å². The Kier molecular flexibility index (Phi) is 7.12. The minimum Gasteiger partial charge on any atom is -0.376 e. The number of nitrogens with one attached hydrogen (secondary N) is 1. The van der Waals surface area contributed by atoms with Crippen molar-refractivity contribution in [3.8, 4) is 0 Å². The lowest BCUT2D eigenvalue weighted by Crippen LogP contribution is -2.34. The average Bonchev–Trinajstić information content (AvgIpc) is 2.96. The molecule has 0 saturated carbocycles. The zero-order chi connectivity index (χ0) is 13.5. The number of carbonyl (C=O) groups excluding carboxylic acids is 1. The Labute approximate surface area is 130 Å². The molecular weight excluding hydrogens is 292 g/mol. The summed E-state index contributed by atoms with van der Waals surface area (Å²) in [7, 11) is 0. The van der Waals surface area contributed by atoms with Gasteiger partial charge in [0.05, 0.1) is 13.1 Å². The highest BCUT2D eigenvalue weighted by Crippen LogP contribution is 2.12. The van der Waals surface area contributed by atoms with Crippen LogP contribution in [0.5, 0.6) is 0 Å². The average molecular weight is 311 g/mol. The minimum absolute atomic E-state index is 0. The molecule has 1 aromatic heterocycles. The molecule has 0 spiro atoms. The number of para-hydroxylation sites is 1. The molecule has 2 rings (SSSR count). The van der Waals surface area contributed by atoms with Gasteiger partial charge in [-0.3, -0.25) is 4.79 Å². The number of anilines is 1.